The van der Waals surface area contributed by atoms with Gasteiger partial charge in [-0.2, -0.15) is 0 Å². The fourth-order valence-corrected chi connectivity index (χ4v) is 7.22. The summed E-state index contributed by atoms with van der Waals surface area (Å²) in [6.07, 6.45) is 8.40. The summed E-state index contributed by atoms with van der Waals surface area (Å²) < 4.78 is 5.77. The second-order valence-corrected chi connectivity index (χ2v) is 13.3. The van der Waals surface area contributed by atoms with E-state index in [1.54, 1.807) is 30.3 Å². The number of piperazine rings is 1. The number of aromatic amines is 1. The summed E-state index contributed by atoms with van der Waals surface area (Å²) in [4.78, 5) is 36.8. The molecule has 1 saturated carbocycles. The van der Waals surface area contributed by atoms with Gasteiger partial charge in [-0.15, -0.1) is 0 Å². The molecule has 230 valence electrons. The number of carbonyl (C=O) groups is 2. The monoisotopic (exact) mass is 670 g/mol. The minimum atomic E-state index is 0.0498. The molecule has 2 fully saturated rings. The third kappa shape index (κ3) is 6.54. The Bertz CT molecular complexity index is 1690. The van der Waals surface area contributed by atoms with Crippen molar-refractivity contribution >= 4 is 69.4 Å². The molecule has 0 bridgehead atoms. The highest BCUT2D eigenvalue weighted by atomic mass is 35.5. The van der Waals surface area contributed by atoms with Crippen LogP contribution in [0.4, 0.5) is 0 Å². The zero-order valence-corrected chi connectivity index (χ0v) is 27.4. The lowest BCUT2D eigenvalue weighted by molar-refractivity contribution is -0.152. The topological polar surface area (TPSA) is 78.5 Å². The van der Waals surface area contributed by atoms with Crippen LogP contribution in [0.2, 0.25) is 15.1 Å². The molecule has 3 aromatic carbocycles. The Morgan fingerprint density at radius 2 is 1.80 bits per heavy atom. The number of benzene rings is 3. The summed E-state index contributed by atoms with van der Waals surface area (Å²) in [5, 5.41) is 2.05. The predicted octanol–water partition coefficient (Wildman–Crippen LogP) is 8.57. The van der Waals surface area contributed by atoms with Crippen molar-refractivity contribution in [2.75, 3.05) is 25.9 Å². The van der Waals surface area contributed by atoms with Crippen molar-refractivity contribution in [3.05, 3.63) is 80.8 Å². The molecule has 1 aromatic heterocycles. The number of nitrogens with one attached hydrogen (secondary N) is 1. The molecule has 0 spiro atoms. The first-order chi connectivity index (χ1) is 21.3. The Labute approximate surface area is 276 Å². The van der Waals surface area contributed by atoms with Crippen molar-refractivity contribution in [2.24, 2.45) is 5.92 Å². The molecule has 7 nitrogen and oxygen atoms in total. The summed E-state index contributed by atoms with van der Waals surface area (Å²) in [7, 11) is 0. The Kier molecular flexibility index (Phi) is 9.62. The maximum absolute atomic E-state index is 12.8. The van der Waals surface area contributed by atoms with E-state index in [0.29, 0.717) is 33.1 Å². The van der Waals surface area contributed by atoms with Crippen LogP contribution in [0.1, 0.15) is 49.3 Å². The average molecular weight is 672 g/mol. The van der Waals surface area contributed by atoms with Crippen LogP contribution in [0.25, 0.3) is 11.0 Å². The number of hydrogen-bond donors (Lipinski definition) is 1. The van der Waals surface area contributed by atoms with Crippen LogP contribution in [-0.2, 0) is 16.0 Å². The molecule has 1 aliphatic carbocycles. The highest BCUT2D eigenvalue weighted by Crippen LogP contribution is 2.39. The molecule has 11 heteroatoms. The summed E-state index contributed by atoms with van der Waals surface area (Å²) in [5.41, 5.74) is 4.19. The van der Waals surface area contributed by atoms with Gasteiger partial charge in [0.25, 0.3) is 0 Å². The number of rotatable bonds is 4. The van der Waals surface area contributed by atoms with E-state index in [1.165, 1.54) is 29.3 Å². The van der Waals surface area contributed by atoms with E-state index in [4.69, 9.17) is 39.5 Å². The highest BCUT2D eigenvalue weighted by molar-refractivity contribution is 7.98. The van der Waals surface area contributed by atoms with Crippen molar-refractivity contribution in [1.29, 1.82) is 0 Å². The number of H-pyrrole nitrogens is 1. The van der Waals surface area contributed by atoms with E-state index in [9.17, 15) is 9.59 Å². The van der Waals surface area contributed by atoms with Gasteiger partial charge in [-0.3, -0.25) is 9.59 Å². The predicted molar refractivity (Wildman–Crippen MR) is 177 cm³/mol. The number of aromatic nitrogens is 2. The summed E-state index contributed by atoms with van der Waals surface area (Å²) in [5.74, 6) is 1.40. The number of hydrogen-bond acceptors (Lipinski definition) is 5. The van der Waals surface area contributed by atoms with Crippen LogP contribution in [0.3, 0.4) is 0 Å². The van der Waals surface area contributed by atoms with Crippen molar-refractivity contribution in [2.45, 2.75) is 49.7 Å². The number of halogens is 3. The van der Waals surface area contributed by atoms with E-state index in [0.717, 1.165) is 54.8 Å². The molecule has 2 amide bonds. The molecule has 1 saturated heterocycles. The van der Waals surface area contributed by atoms with Crippen molar-refractivity contribution < 1.29 is 14.3 Å². The van der Waals surface area contributed by atoms with Gasteiger partial charge in [0, 0.05) is 25.1 Å². The zero-order chi connectivity index (χ0) is 30.8. The van der Waals surface area contributed by atoms with Gasteiger partial charge in [0.05, 0.1) is 33.7 Å². The van der Waals surface area contributed by atoms with Crippen LogP contribution in [0.5, 0.6) is 11.5 Å². The van der Waals surface area contributed by atoms with E-state index in [2.05, 4.69) is 28.2 Å². The molecule has 3 heterocycles. The molecule has 0 radical (unpaired) electrons. The third-order valence-electron chi connectivity index (χ3n) is 8.56. The van der Waals surface area contributed by atoms with Crippen LogP contribution in [0, 0.1) is 5.92 Å². The van der Waals surface area contributed by atoms with Gasteiger partial charge < -0.3 is 19.5 Å². The van der Waals surface area contributed by atoms with Crippen LogP contribution in [-0.4, -0.2) is 57.5 Å². The molecule has 2 aliphatic heterocycles. The van der Waals surface area contributed by atoms with Crippen molar-refractivity contribution in [3.8, 4) is 11.5 Å². The maximum Gasteiger partial charge on any atom is 0.242 e. The molecule has 1 unspecified atom stereocenters. The normalized spacial score (nSPS) is 18.4. The van der Waals surface area contributed by atoms with E-state index in [-0.39, 0.29) is 30.3 Å². The van der Waals surface area contributed by atoms with Crippen LogP contribution in [0.15, 0.2) is 59.8 Å². The number of fused-ring (bicyclic) bond motifs is 4. The first-order valence-electron chi connectivity index (χ1n) is 14.8. The van der Waals surface area contributed by atoms with Crippen molar-refractivity contribution in [3.63, 3.8) is 0 Å². The number of thioether (sulfide) groups is 1. The number of amides is 2. The highest BCUT2D eigenvalue weighted by Gasteiger charge is 2.39. The molecule has 3 aliphatic rings. The Morgan fingerprint density at radius 3 is 2.59 bits per heavy atom. The third-order valence-corrected chi connectivity index (χ3v) is 10.2. The molecule has 4 aromatic rings. The second kappa shape index (κ2) is 13.6. The smallest absolute Gasteiger partial charge is 0.242 e. The van der Waals surface area contributed by atoms with Gasteiger partial charge in [-0.05, 0) is 54.8 Å². The van der Waals surface area contributed by atoms with Gasteiger partial charge in [0.2, 0.25) is 11.8 Å². The standard InChI is InChI=1S/C19H24N2O2.C14H9Cl3N2OS/c22-18-13-20(19(23)15-7-2-1-3-8-15)12-17-16-9-5-4-6-14(16)10-11-21(17)18;1-21-14-18-9-5-8(16)12(6-10(9)19-14)20-11-4-2-3-7(15)13(11)17/h4-6,9,15,17H,1-3,7-8,10-13H2;2-6H,1H3,(H,18,19). The Morgan fingerprint density at radius 1 is 1.00 bits per heavy atom. The SMILES string of the molecule is CSc1nc2cc(Cl)c(Oc3cccc(Cl)c3Cl)cc2[nH]1.O=C(C1CCCCC1)N1CC(=O)N2CCc3ccccc3C2C1. The lowest BCUT2D eigenvalue weighted by Crippen LogP contribution is -2.56. The second-order valence-electron chi connectivity index (χ2n) is 11.3. The Hall–Kier alpha value is -2.91. The van der Waals surface area contributed by atoms with Crippen molar-refractivity contribution in [1.82, 2.24) is 19.8 Å². The van der Waals surface area contributed by atoms with E-state index in [1.807, 2.05) is 22.1 Å². The fraction of sp³-hybridized carbons (Fsp3) is 0.364. The van der Waals surface area contributed by atoms with Crippen LogP contribution >= 0.6 is 46.6 Å². The molecule has 1 N–H and O–H groups in total. The van der Waals surface area contributed by atoms with Gasteiger partial charge in [-0.25, -0.2) is 4.98 Å². The lowest BCUT2D eigenvalue weighted by Gasteiger charge is -2.45. The summed E-state index contributed by atoms with van der Waals surface area (Å²) >= 11 is 19.9. The molecular formula is C33H33Cl3N4O3S. The van der Waals surface area contributed by atoms with E-state index >= 15 is 0 Å². The van der Waals surface area contributed by atoms with Gasteiger partial charge in [0.1, 0.15) is 16.5 Å². The lowest BCUT2D eigenvalue weighted by atomic mass is 9.87. The minimum absolute atomic E-state index is 0.0498. The Balaban J connectivity index is 0.000000157. The first-order valence-corrected chi connectivity index (χ1v) is 17.2. The molecule has 44 heavy (non-hydrogen) atoms. The van der Waals surface area contributed by atoms with Gasteiger partial charge >= 0.3 is 0 Å². The van der Waals surface area contributed by atoms with Gasteiger partial charge in [-0.1, -0.05) is 96.2 Å². The number of carbonyl (C=O) groups excluding carboxylic acids is 2. The number of nitrogens with zero attached hydrogens (tertiary/aromatic N) is 3. The molecule has 1 atom stereocenters. The first kappa shape index (κ1) is 31.1. The quantitative estimate of drug-likeness (QED) is 0.220. The largest absolute Gasteiger partial charge is 0.454 e. The summed E-state index contributed by atoms with van der Waals surface area (Å²) in [6.45, 7) is 1.72. The maximum atomic E-state index is 12.8. The molecular weight excluding hydrogens is 639 g/mol. The van der Waals surface area contributed by atoms with Gasteiger partial charge in [0.15, 0.2) is 5.16 Å². The number of ether oxygens (including phenoxy) is 1. The zero-order valence-electron chi connectivity index (χ0n) is 24.3. The summed E-state index contributed by atoms with van der Waals surface area (Å²) in [6, 6.07) is 17.1. The number of imidazole rings is 1. The van der Waals surface area contributed by atoms with Crippen LogP contribution < -0.4 is 4.74 Å². The minimum Gasteiger partial charge on any atom is -0.454 e. The fourth-order valence-electron chi connectivity index (χ4n) is 6.29. The average Bonchev–Trinajstić information content (AvgIpc) is 3.45. The van der Waals surface area contributed by atoms with E-state index < -0.39 is 0 Å². The molecule has 7 rings (SSSR count).